The number of hydrogen-bond acceptors (Lipinski definition) is 3. The summed E-state index contributed by atoms with van der Waals surface area (Å²) in [5.41, 5.74) is 8.13. The Morgan fingerprint density at radius 3 is 2.67 bits per heavy atom. The van der Waals surface area contributed by atoms with E-state index in [0.717, 1.165) is 18.4 Å². The molecule has 0 amide bonds. The summed E-state index contributed by atoms with van der Waals surface area (Å²) in [5.74, 6) is 0. The molecular weight excluding hydrogens is 224 g/mol. The van der Waals surface area contributed by atoms with Crippen molar-refractivity contribution in [2.75, 3.05) is 11.9 Å². The number of nitrogens with zero attached hydrogens (tertiary/aromatic N) is 1. The highest BCUT2D eigenvalue weighted by Gasteiger charge is 2.23. The molecule has 0 spiro atoms. The standard InChI is InChI=1S/C15H20N2O/c1-17(12-8-6-11(16)7-9-12)14-10-18-15-5-3-2-4-13(14)15/h2-5,10-12H,6-9,16H2,1H3. The third kappa shape index (κ3) is 1.99. The highest BCUT2D eigenvalue weighted by molar-refractivity contribution is 5.90. The molecule has 3 heteroatoms. The van der Waals surface area contributed by atoms with Crippen molar-refractivity contribution < 1.29 is 4.42 Å². The molecule has 0 aliphatic heterocycles. The minimum absolute atomic E-state index is 0.399. The zero-order valence-electron chi connectivity index (χ0n) is 10.8. The molecule has 0 atom stereocenters. The Morgan fingerprint density at radius 2 is 1.89 bits per heavy atom. The summed E-state index contributed by atoms with van der Waals surface area (Å²) in [7, 11) is 2.17. The zero-order chi connectivity index (χ0) is 12.5. The Bertz CT molecular complexity index is 526. The number of furan rings is 1. The monoisotopic (exact) mass is 244 g/mol. The minimum atomic E-state index is 0.399. The first-order chi connectivity index (χ1) is 8.75. The van der Waals surface area contributed by atoms with Crippen LogP contribution >= 0.6 is 0 Å². The molecule has 1 aliphatic rings. The van der Waals surface area contributed by atoms with Gasteiger partial charge in [-0.2, -0.15) is 0 Å². The number of anilines is 1. The van der Waals surface area contributed by atoms with Gasteiger partial charge >= 0.3 is 0 Å². The summed E-state index contributed by atoms with van der Waals surface area (Å²) >= 11 is 0. The summed E-state index contributed by atoms with van der Waals surface area (Å²) in [6.07, 6.45) is 6.49. The lowest BCUT2D eigenvalue weighted by Crippen LogP contribution is -2.38. The van der Waals surface area contributed by atoms with Gasteiger partial charge in [-0.1, -0.05) is 12.1 Å². The molecular formula is C15H20N2O. The maximum Gasteiger partial charge on any atom is 0.136 e. The third-order valence-electron chi connectivity index (χ3n) is 4.13. The Kier molecular flexibility index (Phi) is 3.00. The van der Waals surface area contributed by atoms with E-state index >= 15 is 0 Å². The van der Waals surface area contributed by atoms with E-state index in [1.165, 1.54) is 23.9 Å². The van der Waals surface area contributed by atoms with Crippen molar-refractivity contribution in [3.63, 3.8) is 0 Å². The van der Waals surface area contributed by atoms with E-state index in [0.29, 0.717) is 12.1 Å². The van der Waals surface area contributed by atoms with Crippen LogP contribution in [0.5, 0.6) is 0 Å². The molecule has 1 heterocycles. The van der Waals surface area contributed by atoms with Crippen LogP contribution in [-0.2, 0) is 0 Å². The van der Waals surface area contributed by atoms with E-state index in [2.05, 4.69) is 24.1 Å². The van der Waals surface area contributed by atoms with Crippen molar-refractivity contribution in [1.29, 1.82) is 0 Å². The number of rotatable bonds is 2. The third-order valence-corrected chi connectivity index (χ3v) is 4.13. The summed E-state index contributed by atoms with van der Waals surface area (Å²) in [5, 5.41) is 1.20. The number of nitrogens with two attached hydrogens (primary N) is 1. The Balaban J connectivity index is 1.85. The van der Waals surface area contributed by atoms with Crippen molar-refractivity contribution in [2.45, 2.75) is 37.8 Å². The van der Waals surface area contributed by atoms with Crippen LogP contribution in [0.25, 0.3) is 11.0 Å². The molecule has 0 bridgehead atoms. The van der Waals surface area contributed by atoms with Crippen LogP contribution in [-0.4, -0.2) is 19.1 Å². The van der Waals surface area contributed by atoms with Gasteiger partial charge in [-0.15, -0.1) is 0 Å². The predicted octanol–water partition coefficient (Wildman–Crippen LogP) is 3.14. The molecule has 96 valence electrons. The van der Waals surface area contributed by atoms with Gasteiger partial charge in [0.15, 0.2) is 0 Å². The Labute approximate surface area is 108 Å². The molecule has 0 saturated heterocycles. The Morgan fingerprint density at radius 1 is 1.17 bits per heavy atom. The van der Waals surface area contributed by atoms with Gasteiger partial charge in [0.25, 0.3) is 0 Å². The van der Waals surface area contributed by atoms with E-state index in [4.69, 9.17) is 10.2 Å². The quantitative estimate of drug-likeness (QED) is 0.882. The van der Waals surface area contributed by atoms with E-state index in [-0.39, 0.29) is 0 Å². The molecule has 0 radical (unpaired) electrons. The first-order valence-electron chi connectivity index (χ1n) is 6.70. The molecule has 3 rings (SSSR count). The van der Waals surface area contributed by atoms with Gasteiger partial charge in [0.2, 0.25) is 0 Å². The van der Waals surface area contributed by atoms with Crippen LogP contribution in [0.4, 0.5) is 5.69 Å². The van der Waals surface area contributed by atoms with E-state index < -0.39 is 0 Å². The van der Waals surface area contributed by atoms with Crippen molar-refractivity contribution >= 4 is 16.7 Å². The minimum Gasteiger partial charge on any atom is -0.462 e. The lowest BCUT2D eigenvalue weighted by atomic mass is 9.91. The van der Waals surface area contributed by atoms with Crippen molar-refractivity contribution in [3.05, 3.63) is 30.5 Å². The molecule has 18 heavy (non-hydrogen) atoms. The van der Waals surface area contributed by atoms with Gasteiger partial charge in [-0.3, -0.25) is 0 Å². The molecule has 1 saturated carbocycles. The van der Waals surface area contributed by atoms with Crippen LogP contribution in [0.15, 0.2) is 34.9 Å². The van der Waals surface area contributed by atoms with Gasteiger partial charge in [-0.25, -0.2) is 0 Å². The molecule has 0 unspecified atom stereocenters. The molecule has 1 aliphatic carbocycles. The number of hydrogen-bond donors (Lipinski definition) is 1. The fraction of sp³-hybridized carbons (Fsp3) is 0.467. The first kappa shape index (κ1) is 11.6. The van der Waals surface area contributed by atoms with Crippen molar-refractivity contribution in [1.82, 2.24) is 0 Å². The highest BCUT2D eigenvalue weighted by Crippen LogP contribution is 2.32. The lowest BCUT2D eigenvalue weighted by molar-refractivity contribution is 0.385. The van der Waals surface area contributed by atoms with Crippen LogP contribution in [0, 0.1) is 0 Å². The van der Waals surface area contributed by atoms with Gasteiger partial charge in [0.05, 0.1) is 5.69 Å². The normalized spacial score (nSPS) is 24.3. The second-order valence-corrected chi connectivity index (χ2v) is 5.30. The van der Waals surface area contributed by atoms with Crippen LogP contribution in [0.2, 0.25) is 0 Å². The topological polar surface area (TPSA) is 42.4 Å². The number of para-hydroxylation sites is 1. The fourth-order valence-corrected chi connectivity index (χ4v) is 2.92. The lowest BCUT2D eigenvalue weighted by Gasteiger charge is -2.34. The summed E-state index contributed by atoms with van der Waals surface area (Å²) in [6.45, 7) is 0. The Hall–Kier alpha value is -1.48. The molecule has 2 aromatic rings. The second-order valence-electron chi connectivity index (χ2n) is 5.30. The number of benzene rings is 1. The summed E-state index contributed by atoms with van der Waals surface area (Å²) in [4.78, 5) is 2.36. The summed E-state index contributed by atoms with van der Waals surface area (Å²) < 4.78 is 5.62. The van der Waals surface area contributed by atoms with Gasteiger partial charge < -0.3 is 15.1 Å². The van der Waals surface area contributed by atoms with Crippen LogP contribution < -0.4 is 10.6 Å². The SMILES string of the molecule is CN(c1coc2ccccc12)C1CCC(N)CC1. The largest absolute Gasteiger partial charge is 0.462 e. The maximum atomic E-state index is 5.97. The summed E-state index contributed by atoms with van der Waals surface area (Å²) in [6, 6.07) is 9.20. The smallest absolute Gasteiger partial charge is 0.136 e. The van der Waals surface area contributed by atoms with Gasteiger partial charge in [0.1, 0.15) is 11.8 Å². The molecule has 3 nitrogen and oxygen atoms in total. The number of fused-ring (bicyclic) bond motifs is 1. The van der Waals surface area contributed by atoms with E-state index in [1.54, 1.807) is 0 Å². The van der Waals surface area contributed by atoms with Gasteiger partial charge in [-0.05, 0) is 37.8 Å². The maximum absolute atomic E-state index is 5.97. The van der Waals surface area contributed by atoms with Gasteiger partial charge in [0, 0.05) is 24.5 Å². The first-order valence-corrected chi connectivity index (χ1v) is 6.70. The van der Waals surface area contributed by atoms with Crippen LogP contribution in [0.3, 0.4) is 0 Å². The fourth-order valence-electron chi connectivity index (χ4n) is 2.92. The highest BCUT2D eigenvalue weighted by atomic mass is 16.3. The average Bonchev–Trinajstić information content (AvgIpc) is 2.82. The van der Waals surface area contributed by atoms with E-state index in [1.807, 2.05) is 18.4 Å². The van der Waals surface area contributed by atoms with Crippen LogP contribution in [0.1, 0.15) is 25.7 Å². The van der Waals surface area contributed by atoms with Crippen molar-refractivity contribution in [2.24, 2.45) is 5.73 Å². The zero-order valence-corrected chi connectivity index (χ0v) is 10.8. The molecule has 1 aromatic carbocycles. The average molecular weight is 244 g/mol. The molecule has 2 N–H and O–H groups in total. The molecule has 1 aromatic heterocycles. The predicted molar refractivity (Wildman–Crippen MR) is 74.8 cm³/mol. The molecule has 1 fully saturated rings. The van der Waals surface area contributed by atoms with E-state index in [9.17, 15) is 0 Å². The van der Waals surface area contributed by atoms with Crippen molar-refractivity contribution in [3.8, 4) is 0 Å². The second kappa shape index (κ2) is 4.65.